The number of hydrogen-bond acceptors (Lipinski definition) is 4. The fourth-order valence-electron chi connectivity index (χ4n) is 2.64. The van der Waals surface area contributed by atoms with E-state index in [1.807, 2.05) is 30.3 Å². The molecule has 0 amide bonds. The van der Waals surface area contributed by atoms with Crippen molar-refractivity contribution in [1.29, 1.82) is 0 Å². The molecule has 0 saturated heterocycles. The molecule has 0 heterocycles. The number of sulfone groups is 1. The van der Waals surface area contributed by atoms with Crippen molar-refractivity contribution in [2.24, 2.45) is 0 Å². The van der Waals surface area contributed by atoms with Crippen LogP contribution in [0.4, 0.5) is 0 Å². The molecule has 0 bridgehead atoms. The van der Waals surface area contributed by atoms with Crippen LogP contribution in [0.25, 0.3) is 0 Å². The van der Waals surface area contributed by atoms with Crippen molar-refractivity contribution in [2.75, 3.05) is 7.11 Å². The molecule has 0 saturated carbocycles. The van der Waals surface area contributed by atoms with Crippen LogP contribution in [0.2, 0.25) is 0 Å². The maximum atomic E-state index is 13.0. The highest BCUT2D eigenvalue weighted by molar-refractivity contribution is 7.92. The van der Waals surface area contributed by atoms with Gasteiger partial charge >= 0.3 is 5.97 Å². The Labute approximate surface area is 141 Å². The summed E-state index contributed by atoms with van der Waals surface area (Å²) >= 11 is 0. The van der Waals surface area contributed by atoms with E-state index in [9.17, 15) is 18.3 Å². The normalized spacial score (nSPS) is 13.9. The van der Waals surface area contributed by atoms with E-state index in [0.29, 0.717) is 5.75 Å². The first-order chi connectivity index (χ1) is 11.4. The zero-order valence-electron chi connectivity index (χ0n) is 13.5. The molecule has 0 aliphatic carbocycles. The first kappa shape index (κ1) is 18.0. The molecule has 2 aromatic carbocycles. The van der Waals surface area contributed by atoms with Crippen molar-refractivity contribution < 1.29 is 23.1 Å². The Morgan fingerprint density at radius 1 is 1.08 bits per heavy atom. The van der Waals surface area contributed by atoms with E-state index in [4.69, 9.17) is 4.74 Å². The number of rotatable bonds is 7. The van der Waals surface area contributed by atoms with Crippen LogP contribution >= 0.6 is 0 Å². The van der Waals surface area contributed by atoms with Gasteiger partial charge in [0.1, 0.15) is 5.75 Å². The summed E-state index contributed by atoms with van der Waals surface area (Å²) in [5, 5.41) is 8.14. The van der Waals surface area contributed by atoms with Gasteiger partial charge in [0.2, 0.25) is 0 Å². The van der Waals surface area contributed by atoms with Gasteiger partial charge in [-0.25, -0.2) is 8.42 Å². The van der Waals surface area contributed by atoms with Gasteiger partial charge in [0, 0.05) is 0 Å². The van der Waals surface area contributed by atoms with E-state index in [1.54, 1.807) is 19.1 Å². The number of ether oxygens (including phenoxy) is 1. The van der Waals surface area contributed by atoms with E-state index in [1.165, 1.54) is 19.2 Å². The molecule has 6 heteroatoms. The summed E-state index contributed by atoms with van der Waals surface area (Å²) in [4.78, 5) is 11.3. The molecule has 128 valence electrons. The summed E-state index contributed by atoms with van der Waals surface area (Å²) in [5.74, 6) is -1.05. The van der Waals surface area contributed by atoms with E-state index < -0.39 is 33.4 Å². The van der Waals surface area contributed by atoms with Gasteiger partial charge in [-0.2, -0.15) is 0 Å². The lowest BCUT2D eigenvalue weighted by atomic mass is 9.96. The van der Waals surface area contributed by atoms with Crippen LogP contribution in [0.15, 0.2) is 59.5 Å². The molecule has 0 radical (unpaired) electrons. The Balaban J connectivity index is 2.43. The molecular weight excluding hydrogens is 328 g/mol. The van der Waals surface area contributed by atoms with Crippen LogP contribution in [-0.2, 0) is 14.6 Å². The van der Waals surface area contributed by atoms with E-state index in [0.717, 1.165) is 5.56 Å². The fraction of sp³-hybridized carbons (Fsp3) is 0.278. The van der Waals surface area contributed by atoms with Crippen LogP contribution in [0, 0.1) is 0 Å². The first-order valence-electron chi connectivity index (χ1n) is 7.51. The predicted molar refractivity (Wildman–Crippen MR) is 91.1 cm³/mol. The van der Waals surface area contributed by atoms with Crippen molar-refractivity contribution in [1.82, 2.24) is 0 Å². The SMILES string of the molecule is COc1ccc(S(=O)(=O)C(CC(=O)O)C(C)c2ccccc2)cc1. The van der Waals surface area contributed by atoms with Gasteiger partial charge in [0.15, 0.2) is 9.84 Å². The Bertz CT molecular complexity index is 782. The molecule has 2 rings (SSSR count). The third kappa shape index (κ3) is 3.94. The largest absolute Gasteiger partial charge is 0.497 e. The minimum absolute atomic E-state index is 0.0948. The van der Waals surface area contributed by atoms with E-state index in [2.05, 4.69) is 0 Å². The molecule has 0 fully saturated rings. The summed E-state index contributed by atoms with van der Waals surface area (Å²) < 4.78 is 31.0. The quantitative estimate of drug-likeness (QED) is 0.831. The van der Waals surface area contributed by atoms with Gasteiger partial charge < -0.3 is 9.84 Å². The minimum Gasteiger partial charge on any atom is -0.497 e. The topological polar surface area (TPSA) is 80.7 Å². The number of carbonyl (C=O) groups is 1. The second-order valence-corrected chi connectivity index (χ2v) is 7.72. The third-order valence-electron chi connectivity index (χ3n) is 4.05. The Hall–Kier alpha value is -2.34. The number of carboxylic acid groups (broad SMARTS) is 1. The Kier molecular flexibility index (Phi) is 5.62. The molecule has 1 N–H and O–H groups in total. The molecule has 2 atom stereocenters. The van der Waals surface area contributed by atoms with Crippen molar-refractivity contribution in [3.8, 4) is 5.75 Å². The molecule has 24 heavy (non-hydrogen) atoms. The molecule has 0 aliphatic rings. The van der Waals surface area contributed by atoms with Gasteiger partial charge in [-0.05, 0) is 35.7 Å². The van der Waals surface area contributed by atoms with Crippen LogP contribution in [0.5, 0.6) is 5.75 Å². The fourth-order valence-corrected chi connectivity index (χ4v) is 4.56. The van der Waals surface area contributed by atoms with Gasteiger partial charge in [-0.1, -0.05) is 37.3 Å². The lowest BCUT2D eigenvalue weighted by Crippen LogP contribution is -2.30. The van der Waals surface area contributed by atoms with Crippen LogP contribution in [0.1, 0.15) is 24.8 Å². The van der Waals surface area contributed by atoms with Crippen LogP contribution < -0.4 is 4.74 Å². The van der Waals surface area contributed by atoms with Crippen molar-refractivity contribution in [2.45, 2.75) is 29.4 Å². The maximum Gasteiger partial charge on any atom is 0.304 e. The summed E-state index contributed by atoms with van der Waals surface area (Å²) in [7, 11) is -2.31. The number of benzene rings is 2. The van der Waals surface area contributed by atoms with Gasteiger partial charge in [-0.3, -0.25) is 4.79 Å². The zero-order valence-corrected chi connectivity index (χ0v) is 14.4. The van der Waals surface area contributed by atoms with Gasteiger partial charge in [-0.15, -0.1) is 0 Å². The van der Waals surface area contributed by atoms with E-state index in [-0.39, 0.29) is 4.90 Å². The molecule has 2 aromatic rings. The molecule has 2 unspecified atom stereocenters. The first-order valence-corrected chi connectivity index (χ1v) is 9.05. The average molecular weight is 348 g/mol. The smallest absolute Gasteiger partial charge is 0.304 e. The Morgan fingerprint density at radius 2 is 1.67 bits per heavy atom. The van der Waals surface area contributed by atoms with Crippen LogP contribution in [-0.4, -0.2) is 31.9 Å². The third-order valence-corrected chi connectivity index (χ3v) is 6.35. The maximum absolute atomic E-state index is 13.0. The van der Waals surface area contributed by atoms with E-state index >= 15 is 0 Å². The summed E-state index contributed by atoms with van der Waals surface area (Å²) in [6, 6.07) is 15.1. The lowest BCUT2D eigenvalue weighted by molar-refractivity contribution is -0.137. The van der Waals surface area contributed by atoms with Gasteiger partial charge in [0.25, 0.3) is 0 Å². The predicted octanol–water partition coefficient (Wildman–Crippen LogP) is 3.12. The second-order valence-electron chi connectivity index (χ2n) is 5.56. The molecule has 0 spiro atoms. The molecule has 0 aliphatic heterocycles. The van der Waals surface area contributed by atoms with Crippen molar-refractivity contribution >= 4 is 15.8 Å². The highest BCUT2D eigenvalue weighted by atomic mass is 32.2. The summed E-state index contributed by atoms with van der Waals surface area (Å²) in [5.41, 5.74) is 0.792. The lowest BCUT2D eigenvalue weighted by Gasteiger charge is -2.23. The summed E-state index contributed by atoms with van der Waals surface area (Å²) in [6.45, 7) is 1.74. The zero-order chi connectivity index (χ0) is 17.7. The van der Waals surface area contributed by atoms with Crippen LogP contribution in [0.3, 0.4) is 0 Å². The second kappa shape index (κ2) is 7.49. The average Bonchev–Trinajstić information content (AvgIpc) is 2.59. The highest BCUT2D eigenvalue weighted by Gasteiger charge is 2.35. The monoisotopic (exact) mass is 348 g/mol. The van der Waals surface area contributed by atoms with Crippen molar-refractivity contribution in [3.63, 3.8) is 0 Å². The number of carboxylic acids is 1. The Morgan fingerprint density at radius 3 is 2.17 bits per heavy atom. The van der Waals surface area contributed by atoms with Gasteiger partial charge in [0.05, 0.1) is 23.7 Å². The highest BCUT2D eigenvalue weighted by Crippen LogP contribution is 2.31. The summed E-state index contributed by atoms with van der Waals surface area (Å²) in [6.07, 6.45) is -0.454. The molecular formula is C18H20O5S. The number of aliphatic carboxylic acids is 1. The number of hydrogen-bond donors (Lipinski definition) is 1. The minimum atomic E-state index is -3.80. The standard InChI is InChI=1S/C18H20O5S/c1-13(14-6-4-3-5-7-14)17(12-18(19)20)24(21,22)16-10-8-15(23-2)9-11-16/h3-11,13,17H,12H2,1-2H3,(H,19,20). The number of methoxy groups -OCH3 is 1. The molecule has 5 nitrogen and oxygen atoms in total. The molecule has 0 aromatic heterocycles. The van der Waals surface area contributed by atoms with Crippen molar-refractivity contribution in [3.05, 3.63) is 60.2 Å².